The molecule has 3 amide bonds. The summed E-state index contributed by atoms with van der Waals surface area (Å²) >= 11 is 0.730. The third kappa shape index (κ3) is 5.18. The number of alkyl halides is 3. The van der Waals surface area contributed by atoms with Crippen molar-refractivity contribution in [3.05, 3.63) is 58.0 Å². The summed E-state index contributed by atoms with van der Waals surface area (Å²) in [6.07, 6.45) is -3.35. The summed E-state index contributed by atoms with van der Waals surface area (Å²) in [5, 5.41) is 1.63. The quantitative estimate of drug-likeness (QED) is 0.632. The Morgan fingerprint density at radius 1 is 1.13 bits per heavy atom. The molecule has 0 atom stereocenters. The molecule has 3 N–H and O–H groups in total. The molecule has 2 aromatic rings. The summed E-state index contributed by atoms with van der Waals surface area (Å²) in [6, 6.07) is 7.07. The van der Waals surface area contributed by atoms with Gasteiger partial charge < -0.3 is 15.2 Å². The van der Waals surface area contributed by atoms with Crippen LogP contribution in [0, 0.1) is 0 Å². The molecule has 0 radical (unpaired) electrons. The summed E-state index contributed by atoms with van der Waals surface area (Å²) in [7, 11) is 0. The predicted molar refractivity (Wildman–Crippen MR) is 107 cm³/mol. The Morgan fingerprint density at radius 3 is 2.42 bits per heavy atom. The van der Waals surface area contributed by atoms with Gasteiger partial charge in [0.05, 0.1) is 17.1 Å². The normalized spacial score (nSPS) is 15.2. The van der Waals surface area contributed by atoms with E-state index in [0.717, 1.165) is 23.9 Å². The molecular weight excluding hydrogens is 437 g/mol. The molecule has 1 saturated heterocycles. The van der Waals surface area contributed by atoms with E-state index in [-0.39, 0.29) is 28.6 Å². The minimum absolute atomic E-state index is 0.0130. The summed E-state index contributed by atoms with van der Waals surface area (Å²) in [5.41, 5.74) is 4.06. The number of rotatable bonds is 6. The first-order valence-corrected chi connectivity index (χ1v) is 9.60. The lowest BCUT2D eigenvalue weighted by Gasteiger charge is -2.17. The first kappa shape index (κ1) is 22.2. The van der Waals surface area contributed by atoms with E-state index in [9.17, 15) is 27.6 Å². The molecule has 0 spiro atoms. The van der Waals surface area contributed by atoms with Crippen molar-refractivity contribution in [3.8, 4) is 17.2 Å². The fourth-order valence-corrected chi connectivity index (χ4v) is 3.33. The molecular formula is C20H15F3N2O5S. The van der Waals surface area contributed by atoms with Crippen molar-refractivity contribution in [2.75, 3.05) is 6.61 Å². The third-order valence-corrected chi connectivity index (χ3v) is 4.81. The van der Waals surface area contributed by atoms with Gasteiger partial charge in [-0.05, 0) is 60.7 Å². The van der Waals surface area contributed by atoms with E-state index < -0.39 is 34.5 Å². The lowest BCUT2D eigenvalue weighted by molar-refractivity contribution is -0.138. The second kappa shape index (κ2) is 8.72. The zero-order chi connectivity index (χ0) is 22.8. The maximum absolute atomic E-state index is 13.5. The van der Waals surface area contributed by atoms with Crippen LogP contribution in [0.1, 0.15) is 28.4 Å². The van der Waals surface area contributed by atoms with Crippen LogP contribution in [0.2, 0.25) is 0 Å². The number of amides is 3. The first-order chi connectivity index (χ1) is 14.6. The molecule has 0 aromatic heterocycles. The van der Waals surface area contributed by atoms with E-state index in [1.54, 1.807) is 6.92 Å². The van der Waals surface area contributed by atoms with Gasteiger partial charge in [-0.3, -0.25) is 19.7 Å². The molecule has 0 unspecified atom stereocenters. The summed E-state index contributed by atoms with van der Waals surface area (Å²) < 4.78 is 51.3. The molecule has 0 aliphatic carbocycles. The highest BCUT2D eigenvalue weighted by atomic mass is 32.2. The molecule has 1 fully saturated rings. The van der Waals surface area contributed by atoms with Gasteiger partial charge in [0.25, 0.3) is 11.1 Å². The highest BCUT2D eigenvalue weighted by molar-refractivity contribution is 8.18. The lowest BCUT2D eigenvalue weighted by atomic mass is 10.1. The molecule has 0 bridgehead atoms. The summed E-state index contributed by atoms with van der Waals surface area (Å²) in [6.45, 7) is 1.87. The van der Waals surface area contributed by atoms with Crippen molar-refractivity contribution >= 4 is 34.9 Å². The van der Waals surface area contributed by atoms with E-state index in [4.69, 9.17) is 15.2 Å². The van der Waals surface area contributed by atoms with E-state index in [1.165, 1.54) is 24.3 Å². The van der Waals surface area contributed by atoms with Crippen LogP contribution in [-0.2, 0) is 11.0 Å². The highest BCUT2D eigenvalue weighted by Crippen LogP contribution is 2.41. The maximum Gasteiger partial charge on any atom is 0.420 e. The van der Waals surface area contributed by atoms with Crippen LogP contribution in [0.25, 0.3) is 6.08 Å². The summed E-state index contributed by atoms with van der Waals surface area (Å²) in [5.74, 6) is -1.98. The van der Waals surface area contributed by atoms with Crippen molar-refractivity contribution in [2.24, 2.45) is 5.73 Å². The van der Waals surface area contributed by atoms with Crippen LogP contribution in [0.3, 0.4) is 0 Å². The second-order valence-electron chi connectivity index (χ2n) is 6.17. The first-order valence-electron chi connectivity index (χ1n) is 8.79. The van der Waals surface area contributed by atoms with Crippen LogP contribution in [0.4, 0.5) is 18.0 Å². The number of hydrogen-bond donors (Lipinski definition) is 2. The second-order valence-corrected chi connectivity index (χ2v) is 7.18. The number of imide groups is 1. The van der Waals surface area contributed by atoms with E-state index in [1.807, 2.05) is 0 Å². The number of hydrogen-bond acceptors (Lipinski definition) is 6. The van der Waals surface area contributed by atoms with Gasteiger partial charge in [0.2, 0.25) is 5.91 Å². The standard InChI is InChI=1S/C20H15F3N2O5S/c1-2-29-15-7-10(8-16-18(27)25-19(28)31-16)3-5-14(15)30-13-6-4-11(17(24)26)9-12(13)20(21,22)23/h3-9H,2H2,1H3,(H2,24,26)(H,25,27,28)/b16-8-. The van der Waals surface area contributed by atoms with Gasteiger partial charge in [-0.2, -0.15) is 13.2 Å². The Hall–Kier alpha value is -3.47. The number of primary amides is 1. The molecule has 3 rings (SSSR count). The molecule has 1 heterocycles. The number of carbonyl (C=O) groups is 3. The zero-order valence-electron chi connectivity index (χ0n) is 15.9. The smallest absolute Gasteiger partial charge is 0.420 e. The van der Waals surface area contributed by atoms with Gasteiger partial charge in [-0.15, -0.1) is 0 Å². The van der Waals surface area contributed by atoms with Crippen LogP contribution >= 0.6 is 11.8 Å². The SMILES string of the molecule is CCOc1cc(/C=C2\SC(=O)NC2=O)ccc1Oc1ccc(C(N)=O)cc1C(F)(F)F. The summed E-state index contributed by atoms with van der Waals surface area (Å²) in [4.78, 5) is 34.4. The zero-order valence-corrected chi connectivity index (χ0v) is 16.7. The Balaban J connectivity index is 1.98. The van der Waals surface area contributed by atoms with Crippen LogP contribution < -0.4 is 20.5 Å². The lowest BCUT2D eigenvalue weighted by Crippen LogP contribution is -2.17. The Kier molecular flexibility index (Phi) is 6.25. The molecule has 1 aliphatic rings. The van der Waals surface area contributed by atoms with Crippen LogP contribution in [-0.4, -0.2) is 23.7 Å². The number of halogens is 3. The number of ether oxygens (including phenoxy) is 2. The Labute approximate surface area is 178 Å². The van der Waals surface area contributed by atoms with Crippen molar-refractivity contribution < 1.29 is 37.0 Å². The van der Waals surface area contributed by atoms with Crippen LogP contribution in [0.15, 0.2) is 41.3 Å². The molecule has 2 aromatic carbocycles. The molecule has 1 aliphatic heterocycles. The van der Waals surface area contributed by atoms with Crippen molar-refractivity contribution in [1.29, 1.82) is 0 Å². The van der Waals surface area contributed by atoms with Crippen molar-refractivity contribution in [1.82, 2.24) is 5.32 Å². The fraction of sp³-hybridized carbons (Fsp3) is 0.150. The topological polar surface area (TPSA) is 108 Å². The van der Waals surface area contributed by atoms with Gasteiger partial charge in [0, 0.05) is 5.56 Å². The molecule has 0 saturated carbocycles. The maximum atomic E-state index is 13.5. The number of carbonyl (C=O) groups excluding carboxylic acids is 3. The van der Waals surface area contributed by atoms with Gasteiger partial charge >= 0.3 is 6.18 Å². The predicted octanol–water partition coefficient (Wildman–Crippen LogP) is 4.32. The number of thioether (sulfide) groups is 1. The van der Waals surface area contributed by atoms with Gasteiger partial charge in [-0.25, -0.2) is 0 Å². The number of nitrogens with two attached hydrogens (primary N) is 1. The Bertz CT molecular complexity index is 1100. The minimum Gasteiger partial charge on any atom is -0.490 e. The van der Waals surface area contributed by atoms with Crippen molar-refractivity contribution in [3.63, 3.8) is 0 Å². The number of benzene rings is 2. The van der Waals surface area contributed by atoms with Crippen molar-refractivity contribution in [2.45, 2.75) is 13.1 Å². The molecule has 162 valence electrons. The van der Waals surface area contributed by atoms with E-state index in [0.29, 0.717) is 11.6 Å². The third-order valence-electron chi connectivity index (χ3n) is 4.00. The average molecular weight is 452 g/mol. The molecule has 31 heavy (non-hydrogen) atoms. The van der Waals surface area contributed by atoms with E-state index >= 15 is 0 Å². The molecule has 11 heteroatoms. The van der Waals surface area contributed by atoms with E-state index in [2.05, 4.69) is 5.32 Å². The monoisotopic (exact) mass is 452 g/mol. The van der Waals surface area contributed by atoms with Gasteiger partial charge in [0.15, 0.2) is 11.5 Å². The largest absolute Gasteiger partial charge is 0.490 e. The van der Waals surface area contributed by atoms with Gasteiger partial charge in [-0.1, -0.05) is 6.07 Å². The van der Waals surface area contributed by atoms with Gasteiger partial charge in [0.1, 0.15) is 5.75 Å². The molecule has 7 nitrogen and oxygen atoms in total. The van der Waals surface area contributed by atoms with Crippen LogP contribution in [0.5, 0.6) is 17.2 Å². The number of nitrogens with one attached hydrogen (secondary N) is 1. The average Bonchev–Trinajstić information content (AvgIpc) is 3.00. The minimum atomic E-state index is -4.80. The fourth-order valence-electron chi connectivity index (χ4n) is 2.65. The Morgan fingerprint density at radius 2 is 1.84 bits per heavy atom. The highest BCUT2D eigenvalue weighted by Gasteiger charge is 2.35.